The molecule has 8 nitrogen and oxygen atoms in total. The van der Waals surface area contributed by atoms with Crippen molar-refractivity contribution in [2.45, 2.75) is 37.1 Å². The highest BCUT2D eigenvalue weighted by molar-refractivity contribution is 7.99. The molecule has 26 heavy (non-hydrogen) atoms. The van der Waals surface area contributed by atoms with E-state index in [1.807, 2.05) is 13.0 Å². The van der Waals surface area contributed by atoms with Crippen molar-refractivity contribution in [3.63, 3.8) is 0 Å². The van der Waals surface area contributed by atoms with Gasteiger partial charge in [-0.1, -0.05) is 23.9 Å². The number of nitrogens with one attached hydrogen (secondary N) is 1. The van der Waals surface area contributed by atoms with Gasteiger partial charge in [0, 0.05) is 6.04 Å². The number of carbonyl (C=O) groups is 2. The Labute approximate surface area is 154 Å². The van der Waals surface area contributed by atoms with Crippen LogP contribution in [-0.4, -0.2) is 45.0 Å². The fraction of sp³-hybridized carbons (Fsp3) is 0.412. The molecule has 0 bridgehead atoms. The SMILES string of the molecule is Cc1nnc(SCC(=O)NC(=O)[C@H]2COc3ccccc3O2)n1C1CC1. The number of benzene rings is 1. The van der Waals surface area contributed by atoms with E-state index in [0.29, 0.717) is 22.7 Å². The van der Waals surface area contributed by atoms with Gasteiger partial charge in [0.2, 0.25) is 12.0 Å². The lowest BCUT2D eigenvalue weighted by Gasteiger charge is -2.25. The fourth-order valence-corrected chi connectivity index (χ4v) is 3.59. The maximum absolute atomic E-state index is 12.2. The summed E-state index contributed by atoms with van der Waals surface area (Å²) in [5.74, 6) is 1.11. The number of amides is 2. The minimum absolute atomic E-state index is 0.0679. The molecule has 4 rings (SSSR count). The van der Waals surface area contributed by atoms with E-state index >= 15 is 0 Å². The van der Waals surface area contributed by atoms with Crippen molar-refractivity contribution >= 4 is 23.6 Å². The smallest absolute Gasteiger partial charge is 0.271 e. The van der Waals surface area contributed by atoms with Crippen LogP contribution in [-0.2, 0) is 9.59 Å². The number of hydrogen-bond acceptors (Lipinski definition) is 7. The Morgan fingerprint density at radius 1 is 1.27 bits per heavy atom. The normalized spacial score (nSPS) is 18.4. The van der Waals surface area contributed by atoms with Gasteiger partial charge in [-0.15, -0.1) is 10.2 Å². The molecule has 1 aromatic carbocycles. The highest BCUT2D eigenvalue weighted by atomic mass is 32.2. The molecule has 9 heteroatoms. The molecule has 1 atom stereocenters. The van der Waals surface area contributed by atoms with Gasteiger partial charge >= 0.3 is 0 Å². The first-order valence-corrected chi connectivity index (χ1v) is 9.37. The maximum Gasteiger partial charge on any atom is 0.271 e. The first-order valence-electron chi connectivity index (χ1n) is 8.38. The highest BCUT2D eigenvalue weighted by Gasteiger charge is 2.30. The van der Waals surface area contributed by atoms with E-state index in [1.165, 1.54) is 11.8 Å². The van der Waals surface area contributed by atoms with Crippen molar-refractivity contribution in [2.75, 3.05) is 12.4 Å². The number of fused-ring (bicyclic) bond motifs is 1. The zero-order chi connectivity index (χ0) is 18.1. The van der Waals surface area contributed by atoms with Crippen molar-refractivity contribution in [1.82, 2.24) is 20.1 Å². The van der Waals surface area contributed by atoms with Gasteiger partial charge < -0.3 is 14.0 Å². The van der Waals surface area contributed by atoms with Gasteiger partial charge in [-0.25, -0.2) is 0 Å². The highest BCUT2D eigenvalue weighted by Crippen LogP contribution is 2.38. The second-order valence-corrected chi connectivity index (χ2v) is 7.14. The number of rotatable bonds is 5. The third kappa shape index (κ3) is 3.52. The minimum atomic E-state index is -0.851. The van der Waals surface area contributed by atoms with Crippen LogP contribution < -0.4 is 14.8 Å². The summed E-state index contributed by atoms with van der Waals surface area (Å²) in [7, 11) is 0. The summed E-state index contributed by atoms with van der Waals surface area (Å²) in [6.45, 7) is 1.97. The second-order valence-electron chi connectivity index (χ2n) is 6.20. The van der Waals surface area contributed by atoms with Crippen LogP contribution >= 0.6 is 11.8 Å². The second kappa shape index (κ2) is 6.99. The molecule has 136 valence electrons. The van der Waals surface area contributed by atoms with E-state index in [-0.39, 0.29) is 12.4 Å². The third-order valence-electron chi connectivity index (χ3n) is 4.14. The predicted molar refractivity (Wildman–Crippen MR) is 93.3 cm³/mol. The molecule has 1 saturated carbocycles. The van der Waals surface area contributed by atoms with Crippen LogP contribution in [0.5, 0.6) is 11.5 Å². The zero-order valence-electron chi connectivity index (χ0n) is 14.2. The molecule has 0 spiro atoms. The van der Waals surface area contributed by atoms with Gasteiger partial charge in [0.05, 0.1) is 5.75 Å². The summed E-state index contributed by atoms with van der Waals surface area (Å²) in [5, 5.41) is 11.2. The Morgan fingerprint density at radius 3 is 2.81 bits per heavy atom. The van der Waals surface area contributed by atoms with E-state index in [0.717, 1.165) is 18.7 Å². The molecule has 0 radical (unpaired) electrons. The Kier molecular flexibility index (Phi) is 4.54. The minimum Gasteiger partial charge on any atom is -0.485 e. The number of thioether (sulfide) groups is 1. The Balaban J connectivity index is 1.30. The van der Waals surface area contributed by atoms with Crippen LogP contribution in [0.3, 0.4) is 0 Å². The molecule has 1 fully saturated rings. The summed E-state index contributed by atoms with van der Waals surface area (Å²) in [6.07, 6.45) is 1.37. The molecule has 1 aromatic heterocycles. The van der Waals surface area contributed by atoms with Gasteiger partial charge in [-0.2, -0.15) is 0 Å². The first-order chi connectivity index (χ1) is 12.6. The Morgan fingerprint density at radius 2 is 2.04 bits per heavy atom. The van der Waals surface area contributed by atoms with Crippen molar-refractivity contribution in [3.8, 4) is 11.5 Å². The van der Waals surface area contributed by atoms with Crippen LogP contribution in [0.15, 0.2) is 29.4 Å². The number of para-hydroxylation sites is 2. The number of carbonyl (C=O) groups excluding carboxylic acids is 2. The fourth-order valence-electron chi connectivity index (χ4n) is 2.73. The molecule has 0 unspecified atom stereocenters. The first kappa shape index (κ1) is 16.9. The number of aryl methyl sites for hydroxylation is 1. The van der Waals surface area contributed by atoms with Crippen LogP contribution in [0, 0.1) is 6.92 Å². The number of nitrogens with zero attached hydrogens (tertiary/aromatic N) is 3. The lowest BCUT2D eigenvalue weighted by atomic mass is 10.2. The molecular weight excluding hydrogens is 356 g/mol. The standard InChI is InChI=1S/C17H18N4O4S/c1-10-19-20-17(21(10)11-6-7-11)26-9-15(22)18-16(23)14-8-24-12-4-2-3-5-13(12)25-14/h2-5,11,14H,6-9H2,1H3,(H,18,22,23)/t14-/m1/s1. The number of aromatic nitrogens is 3. The van der Waals surface area contributed by atoms with Crippen LogP contribution in [0.2, 0.25) is 0 Å². The lowest BCUT2D eigenvalue weighted by molar-refractivity contribution is -0.135. The van der Waals surface area contributed by atoms with Gasteiger partial charge in [0.25, 0.3) is 5.91 Å². The van der Waals surface area contributed by atoms with Crippen LogP contribution in [0.25, 0.3) is 0 Å². The van der Waals surface area contributed by atoms with Crippen molar-refractivity contribution in [1.29, 1.82) is 0 Å². The molecule has 1 aliphatic heterocycles. The third-order valence-corrected chi connectivity index (χ3v) is 5.09. The number of imide groups is 1. The summed E-state index contributed by atoms with van der Waals surface area (Å²) in [6, 6.07) is 7.54. The monoisotopic (exact) mass is 374 g/mol. The molecule has 2 heterocycles. The van der Waals surface area contributed by atoms with Gasteiger partial charge in [0.1, 0.15) is 12.4 Å². The zero-order valence-corrected chi connectivity index (χ0v) is 15.0. The van der Waals surface area contributed by atoms with E-state index in [2.05, 4.69) is 20.1 Å². The summed E-state index contributed by atoms with van der Waals surface area (Å²) in [5.41, 5.74) is 0. The average molecular weight is 374 g/mol. The Bertz CT molecular complexity index is 849. The lowest BCUT2D eigenvalue weighted by Crippen LogP contribution is -2.46. The molecule has 2 aromatic rings. The quantitative estimate of drug-likeness (QED) is 0.792. The molecule has 2 amide bonds. The largest absolute Gasteiger partial charge is 0.485 e. The van der Waals surface area contributed by atoms with Crippen LogP contribution in [0.4, 0.5) is 0 Å². The summed E-state index contributed by atoms with van der Waals surface area (Å²) >= 11 is 1.27. The van der Waals surface area contributed by atoms with Crippen molar-refractivity contribution in [2.24, 2.45) is 0 Å². The Hall–Kier alpha value is -2.55. The van der Waals surface area contributed by atoms with Gasteiger partial charge in [0.15, 0.2) is 16.7 Å². The molecule has 1 aliphatic carbocycles. The van der Waals surface area contributed by atoms with Crippen molar-refractivity contribution < 1.29 is 19.1 Å². The molecule has 2 aliphatic rings. The molecular formula is C17H18N4O4S. The molecule has 0 saturated heterocycles. The topological polar surface area (TPSA) is 95.3 Å². The van der Waals surface area contributed by atoms with E-state index in [1.54, 1.807) is 18.2 Å². The number of hydrogen-bond donors (Lipinski definition) is 1. The van der Waals surface area contributed by atoms with Gasteiger partial charge in [-0.3, -0.25) is 14.9 Å². The van der Waals surface area contributed by atoms with Gasteiger partial charge in [-0.05, 0) is 31.9 Å². The van der Waals surface area contributed by atoms with Crippen molar-refractivity contribution in [3.05, 3.63) is 30.1 Å². The van der Waals surface area contributed by atoms with E-state index < -0.39 is 17.9 Å². The average Bonchev–Trinajstić information content (AvgIpc) is 3.42. The number of ether oxygens (including phenoxy) is 2. The maximum atomic E-state index is 12.2. The summed E-state index contributed by atoms with van der Waals surface area (Å²) < 4.78 is 13.1. The predicted octanol–water partition coefficient (Wildman–Crippen LogP) is 1.50. The van der Waals surface area contributed by atoms with Crippen LogP contribution in [0.1, 0.15) is 24.7 Å². The van der Waals surface area contributed by atoms with E-state index in [9.17, 15) is 9.59 Å². The molecule has 1 N–H and O–H groups in total. The van der Waals surface area contributed by atoms with E-state index in [4.69, 9.17) is 9.47 Å². The summed E-state index contributed by atoms with van der Waals surface area (Å²) in [4.78, 5) is 24.4.